The van der Waals surface area contributed by atoms with Gasteiger partial charge in [-0.2, -0.15) is 5.10 Å². The molecule has 0 radical (unpaired) electrons. The molecule has 2 aromatic carbocycles. The highest BCUT2D eigenvalue weighted by molar-refractivity contribution is 6.07. The first-order valence-electron chi connectivity index (χ1n) is 7.73. The number of nitrogens with zero attached hydrogens (tertiary/aromatic N) is 2. The highest BCUT2D eigenvalue weighted by atomic mass is 16.5. The van der Waals surface area contributed by atoms with E-state index in [-0.39, 0.29) is 5.91 Å². The van der Waals surface area contributed by atoms with Crippen molar-refractivity contribution >= 4 is 23.0 Å². The summed E-state index contributed by atoms with van der Waals surface area (Å²) in [5.41, 5.74) is 4.84. The minimum Gasteiger partial charge on any atom is -0.497 e. The highest BCUT2D eigenvalue weighted by Crippen LogP contribution is 2.22. The SMILES string of the molecule is COc1ccc(OC)c(/C=N/NC(=O)c2cn(C)c3ccccc23)c1. The van der Waals surface area contributed by atoms with Crippen LogP contribution in [0.25, 0.3) is 10.9 Å². The molecule has 1 heterocycles. The van der Waals surface area contributed by atoms with Gasteiger partial charge in [0, 0.05) is 29.7 Å². The normalized spacial score (nSPS) is 11.0. The molecule has 128 valence electrons. The molecule has 3 aromatic rings. The van der Waals surface area contributed by atoms with Crippen molar-refractivity contribution in [2.45, 2.75) is 0 Å². The number of benzene rings is 2. The van der Waals surface area contributed by atoms with Crippen LogP contribution in [-0.2, 0) is 7.05 Å². The third kappa shape index (κ3) is 3.33. The van der Waals surface area contributed by atoms with E-state index in [1.807, 2.05) is 35.9 Å². The molecule has 0 aliphatic carbocycles. The summed E-state index contributed by atoms with van der Waals surface area (Å²) in [5, 5.41) is 4.93. The Morgan fingerprint density at radius 1 is 1.16 bits per heavy atom. The van der Waals surface area contributed by atoms with Crippen molar-refractivity contribution in [1.29, 1.82) is 0 Å². The van der Waals surface area contributed by atoms with Gasteiger partial charge in [0.25, 0.3) is 5.91 Å². The van der Waals surface area contributed by atoms with E-state index in [0.717, 1.165) is 10.9 Å². The predicted molar refractivity (Wildman–Crippen MR) is 97.5 cm³/mol. The van der Waals surface area contributed by atoms with Crippen LogP contribution in [0.5, 0.6) is 11.5 Å². The second-order valence-electron chi connectivity index (χ2n) is 5.48. The predicted octanol–water partition coefficient (Wildman–Crippen LogP) is 2.96. The first-order valence-corrected chi connectivity index (χ1v) is 7.73. The van der Waals surface area contributed by atoms with E-state index in [2.05, 4.69) is 10.5 Å². The molecular formula is C19H19N3O3. The monoisotopic (exact) mass is 337 g/mol. The van der Waals surface area contributed by atoms with E-state index in [1.54, 1.807) is 38.6 Å². The first-order chi connectivity index (χ1) is 12.1. The largest absolute Gasteiger partial charge is 0.497 e. The molecule has 0 spiro atoms. The van der Waals surface area contributed by atoms with Crippen molar-refractivity contribution < 1.29 is 14.3 Å². The Bertz CT molecular complexity index is 944. The molecule has 6 nitrogen and oxygen atoms in total. The van der Waals surface area contributed by atoms with Crippen LogP contribution in [0.15, 0.2) is 53.8 Å². The Labute approximate surface area is 145 Å². The molecule has 0 aliphatic heterocycles. The van der Waals surface area contributed by atoms with Crippen molar-refractivity contribution in [3.8, 4) is 11.5 Å². The van der Waals surface area contributed by atoms with Crippen molar-refractivity contribution in [2.24, 2.45) is 12.1 Å². The number of carbonyl (C=O) groups excluding carboxylic acids is 1. The molecule has 25 heavy (non-hydrogen) atoms. The molecule has 0 atom stereocenters. The van der Waals surface area contributed by atoms with E-state index in [1.165, 1.54) is 6.21 Å². The van der Waals surface area contributed by atoms with Gasteiger partial charge in [0.15, 0.2) is 0 Å². The molecule has 0 aliphatic rings. The lowest BCUT2D eigenvalue weighted by atomic mass is 10.2. The molecule has 0 fully saturated rings. The molecule has 1 amide bonds. The average molecular weight is 337 g/mol. The lowest BCUT2D eigenvalue weighted by Crippen LogP contribution is -2.17. The standard InChI is InChI=1S/C19H19N3O3/c1-22-12-16(15-6-4-5-7-17(15)22)19(23)21-20-11-13-10-14(24-2)8-9-18(13)25-3/h4-12H,1-3H3,(H,21,23)/b20-11+. The van der Waals surface area contributed by atoms with Gasteiger partial charge >= 0.3 is 0 Å². The summed E-state index contributed by atoms with van der Waals surface area (Å²) >= 11 is 0. The third-order valence-electron chi connectivity index (χ3n) is 3.95. The van der Waals surface area contributed by atoms with Gasteiger partial charge < -0.3 is 14.0 Å². The van der Waals surface area contributed by atoms with E-state index >= 15 is 0 Å². The van der Waals surface area contributed by atoms with Gasteiger partial charge in [-0.15, -0.1) is 0 Å². The van der Waals surface area contributed by atoms with Gasteiger partial charge in [-0.3, -0.25) is 4.79 Å². The number of amides is 1. The van der Waals surface area contributed by atoms with Crippen molar-refractivity contribution in [3.05, 3.63) is 59.8 Å². The summed E-state index contributed by atoms with van der Waals surface area (Å²) in [6.45, 7) is 0. The minimum atomic E-state index is -0.269. The Morgan fingerprint density at radius 2 is 1.96 bits per heavy atom. The zero-order valence-electron chi connectivity index (χ0n) is 14.3. The maximum atomic E-state index is 12.4. The van der Waals surface area contributed by atoms with E-state index in [4.69, 9.17) is 9.47 Å². The minimum absolute atomic E-state index is 0.269. The number of fused-ring (bicyclic) bond motifs is 1. The summed E-state index contributed by atoms with van der Waals surface area (Å²) in [5.74, 6) is 1.06. The number of ether oxygens (including phenoxy) is 2. The van der Waals surface area contributed by atoms with Crippen LogP contribution in [0.2, 0.25) is 0 Å². The number of hydrogen-bond acceptors (Lipinski definition) is 4. The number of hydrogen-bond donors (Lipinski definition) is 1. The first kappa shape index (κ1) is 16.6. The third-order valence-corrected chi connectivity index (χ3v) is 3.95. The second kappa shape index (κ2) is 7.09. The molecule has 0 bridgehead atoms. The summed E-state index contributed by atoms with van der Waals surface area (Å²) in [6, 6.07) is 13.1. The van der Waals surface area contributed by atoms with Crippen LogP contribution >= 0.6 is 0 Å². The molecule has 0 saturated carbocycles. The number of nitrogens with one attached hydrogen (secondary N) is 1. The summed E-state index contributed by atoms with van der Waals surface area (Å²) in [7, 11) is 5.07. The van der Waals surface area contributed by atoms with Gasteiger partial charge in [-0.05, 0) is 24.3 Å². The molecule has 0 saturated heterocycles. The van der Waals surface area contributed by atoms with Crippen LogP contribution < -0.4 is 14.9 Å². The fraction of sp³-hybridized carbons (Fsp3) is 0.158. The number of aryl methyl sites for hydroxylation is 1. The number of para-hydroxylation sites is 1. The van der Waals surface area contributed by atoms with E-state index < -0.39 is 0 Å². The summed E-state index contributed by atoms with van der Waals surface area (Å²) in [4.78, 5) is 12.4. The average Bonchev–Trinajstić information content (AvgIpc) is 2.99. The van der Waals surface area contributed by atoms with Gasteiger partial charge in [-0.1, -0.05) is 18.2 Å². The highest BCUT2D eigenvalue weighted by Gasteiger charge is 2.12. The smallest absolute Gasteiger partial charge is 0.273 e. The summed E-state index contributed by atoms with van der Waals surface area (Å²) in [6.07, 6.45) is 3.33. The molecular weight excluding hydrogens is 318 g/mol. The lowest BCUT2D eigenvalue weighted by molar-refractivity contribution is 0.0956. The van der Waals surface area contributed by atoms with Gasteiger partial charge in [0.1, 0.15) is 11.5 Å². The number of aromatic nitrogens is 1. The van der Waals surface area contributed by atoms with Gasteiger partial charge in [0.05, 0.1) is 26.0 Å². The molecule has 1 aromatic heterocycles. The van der Waals surface area contributed by atoms with Crippen LogP contribution in [0.1, 0.15) is 15.9 Å². The molecule has 6 heteroatoms. The summed E-state index contributed by atoms with van der Waals surface area (Å²) < 4.78 is 12.4. The zero-order valence-corrected chi connectivity index (χ0v) is 14.3. The number of carbonyl (C=O) groups is 1. The maximum absolute atomic E-state index is 12.4. The molecule has 1 N–H and O–H groups in total. The van der Waals surface area contributed by atoms with E-state index in [9.17, 15) is 4.79 Å². The number of rotatable bonds is 5. The van der Waals surface area contributed by atoms with Gasteiger partial charge in [-0.25, -0.2) is 5.43 Å². The Kier molecular flexibility index (Phi) is 4.70. The fourth-order valence-electron chi connectivity index (χ4n) is 2.68. The second-order valence-corrected chi connectivity index (χ2v) is 5.48. The Hall–Kier alpha value is -3.28. The Balaban J connectivity index is 1.81. The number of methoxy groups -OCH3 is 2. The maximum Gasteiger partial charge on any atom is 0.273 e. The van der Waals surface area contributed by atoms with Crippen molar-refractivity contribution in [1.82, 2.24) is 9.99 Å². The van der Waals surface area contributed by atoms with Gasteiger partial charge in [0.2, 0.25) is 0 Å². The van der Waals surface area contributed by atoms with E-state index in [0.29, 0.717) is 22.6 Å². The van der Waals surface area contributed by atoms with Crippen LogP contribution in [0, 0.1) is 0 Å². The molecule has 3 rings (SSSR count). The number of hydrazone groups is 1. The van der Waals surface area contributed by atoms with Crippen LogP contribution in [-0.4, -0.2) is 30.9 Å². The Morgan fingerprint density at radius 3 is 2.72 bits per heavy atom. The zero-order chi connectivity index (χ0) is 17.8. The molecule has 0 unspecified atom stereocenters. The van der Waals surface area contributed by atoms with Crippen LogP contribution in [0.3, 0.4) is 0 Å². The van der Waals surface area contributed by atoms with Crippen LogP contribution in [0.4, 0.5) is 0 Å². The van der Waals surface area contributed by atoms with Crippen molar-refractivity contribution in [3.63, 3.8) is 0 Å². The topological polar surface area (TPSA) is 64.8 Å². The lowest BCUT2D eigenvalue weighted by Gasteiger charge is -2.06. The quantitative estimate of drug-likeness (QED) is 0.575. The van der Waals surface area contributed by atoms with Crippen molar-refractivity contribution in [2.75, 3.05) is 14.2 Å². The fourth-order valence-corrected chi connectivity index (χ4v) is 2.68.